The van der Waals surface area contributed by atoms with Crippen LogP contribution in [-0.4, -0.2) is 33.8 Å². The van der Waals surface area contributed by atoms with Crippen molar-refractivity contribution in [1.29, 1.82) is 0 Å². The minimum atomic E-state index is -0.874. The molecule has 2 atom stereocenters. The average molecular weight is 333 g/mol. The van der Waals surface area contributed by atoms with E-state index in [9.17, 15) is 10.2 Å². The Kier molecular flexibility index (Phi) is 16.6. The summed E-state index contributed by atoms with van der Waals surface area (Å²) in [5, 5.41) is 29.2. The molecule has 0 aromatic heterocycles. The van der Waals surface area contributed by atoms with Crippen molar-refractivity contribution in [2.24, 2.45) is 0 Å². The summed E-state index contributed by atoms with van der Waals surface area (Å²) in [6.45, 7) is 4.39. The Morgan fingerprint density at radius 3 is 1.30 bits per heavy atom. The molecular weight excluding hydrogens is 292 g/mol. The zero-order valence-electron chi connectivity index (χ0n) is 15.4. The van der Waals surface area contributed by atoms with Crippen LogP contribution in [0.4, 0.5) is 0 Å². The van der Waals surface area contributed by atoms with E-state index in [-0.39, 0.29) is 0 Å². The van der Waals surface area contributed by atoms with Crippen LogP contribution in [-0.2, 0) is 4.89 Å². The molecule has 0 aliphatic heterocycles. The van der Waals surface area contributed by atoms with E-state index in [2.05, 4.69) is 18.7 Å². The zero-order chi connectivity index (χ0) is 17.3. The summed E-state index contributed by atoms with van der Waals surface area (Å²) in [5.74, 6) is 0. The van der Waals surface area contributed by atoms with Gasteiger partial charge in [0.15, 0.2) is 0 Å². The minimum Gasteiger partial charge on any atom is -0.390 e. The highest BCUT2D eigenvalue weighted by Crippen LogP contribution is 2.17. The highest BCUT2D eigenvalue weighted by Gasteiger charge is 2.27. The van der Waals surface area contributed by atoms with E-state index in [1.54, 1.807) is 0 Å². The summed E-state index contributed by atoms with van der Waals surface area (Å²) in [4.78, 5) is 4.37. The molecule has 23 heavy (non-hydrogen) atoms. The molecule has 0 fully saturated rings. The Hall–Kier alpha value is -0.160. The van der Waals surface area contributed by atoms with Gasteiger partial charge < -0.3 is 10.2 Å². The van der Waals surface area contributed by atoms with Gasteiger partial charge >= 0.3 is 0 Å². The molecule has 0 aromatic rings. The van der Waals surface area contributed by atoms with Crippen LogP contribution in [0.2, 0.25) is 0 Å². The minimum absolute atomic E-state index is 0.574. The Labute approximate surface area is 143 Å². The van der Waals surface area contributed by atoms with Crippen molar-refractivity contribution in [3.63, 3.8) is 0 Å². The van der Waals surface area contributed by atoms with Gasteiger partial charge in [0.25, 0.3) is 0 Å². The summed E-state index contributed by atoms with van der Waals surface area (Å²) >= 11 is 0. The van der Waals surface area contributed by atoms with Gasteiger partial charge in [0, 0.05) is 0 Å². The number of hydrogen-bond donors (Lipinski definition) is 3. The molecule has 0 aromatic carbocycles. The van der Waals surface area contributed by atoms with Crippen molar-refractivity contribution in [2.45, 2.75) is 122 Å². The highest BCUT2D eigenvalue weighted by atomic mass is 17.1. The fourth-order valence-corrected chi connectivity index (χ4v) is 2.99. The Balaban J connectivity index is 3.77. The molecule has 4 nitrogen and oxygen atoms in total. The largest absolute Gasteiger partial charge is 0.390 e. The van der Waals surface area contributed by atoms with Gasteiger partial charge in [-0.3, -0.25) is 5.26 Å². The molecule has 0 aliphatic carbocycles. The van der Waals surface area contributed by atoms with Crippen LogP contribution < -0.4 is 0 Å². The lowest BCUT2D eigenvalue weighted by Gasteiger charge is -2.24. The third-order valence-corrected chi connectivity index (χ3v) is 4.59. The predicted molar refractivity (Wildman–Crippen MR) is 95.5 cm³/mol. The quantitative estimate of drug-likeness (QED) is 0.198. The van der Waals surface area contributed by atoms with Crippen LogP contribution in [0.1, 0.15) is 104 Å². The van der Waals surface area contributed by atoms with Crippen LogP contribution >= 0.6 is 0 Å². The van der Waals surface area contributed by atoms with Crippen LogP contribution in [0.3, 0.4) is 0 Å². The second kappa shape index (κ2) is 16.7. The smallest absolute Gasteiger partial charge is 0.144 e. The molecule has 3 N–H and O–H groups in total. The second-order valence-corrected chi connectivity index (χ2v) is 6.82. The van der Waals surface area contributed by atoms with Gasteiger partial charge in [-0.15, -0.1) is 0 Å². The molecular formula is C19H40O4. The second-order valence-electron chi connectivity index (χ2n) is 6.82. The molecule has 4 heteroatoms. The summed E-state index contributed by atoms with van der Waals surface area (Å²) in [6, 6.07) is 0. The van der Waals surface area contributed by atoms with Crippen molar-refractivity contribution < 1.29 is 20.4 Å². The fourth-order valence-electron chi connectivity index (χ4n) is 2.99. The lowest BCUT2D eigenvalue weighted by molar-refractivity contribution is -0.316. The number of aliphatic hydroxyl groups excluding tert-OH is 2. The van der Waals surface area contributed by atoms with Gasteiger partial charge in [-0.05, 0) is 12.8 Å². The van der Waals surface area contributed by atoms with Crippen molar-refractivity contribution in [2.75, 3.05) is 0 Å². The lowest BCUT2D eigenvalue weighted by Crippen LogP contribution is -2.39. The van der Waals surface area contributed by atoms with Crippen LogP contribution in [0.25, 0.3) is 0 Å². The Morgan fingerprint density at radius 1 is 0.609 bits per heavy atom. The number of rotatable bonds is 17. The topological polar surface area (TPSA) is 69.9 Å². The van der Waals surface area contributed by atoms with E-state index in [1.807, 2.05) is 0 Å². The molecule has 140 valence electrons. The molecule has 0 aliphatic rings. The molecule has 0 saturated heterocycles. The van der Waals surface area contributed by atoms with E-state index >= 15 is 0 Å². The third kappa shape index (κ3) is 12.9. The van der Waals surface area contributed by atoms with Crippen molar-refractivity contribution >= 4 is 0 Å². The van der Waals surface area contributed by atoms with Crippen LogP contribution in [0.15, 0.2) is 0 Å². The molecule has 2 unspecified atom stereocenters. The van der Waals surface area contributed by atoms with Crippen molar-refractivity contribution in [3.05, 3.63) is 0 Å². The Morgan fingerprint density at radius 2 is 0.957 bits per heavy atom. The van der Waals surface area contributed by atoms with E-state index in [0.29, 0.717) is 12.8 Å². The maximum Gasteiger partial charge on any atom is 0.144 e. The third-order valence-electron chi connectivity index (χ3n) is 4.59. The molecule has 0 spiro atoms. The first kappa shape index (κ1) is 22.8. The standard InChI is InChI=1S/C19H40O4/c1-3-5-7-9-11-13-15-17(20)19(23-22)18(21)16-14-12-10-8-6-4-2/h17-22H,3-16H2,1-2H3. The van der Waals surface area contributed by atoms with E-state index in [0.717, 1.165) is 25.7 Å². The number of hydrogen-bond acceptors (Lipinski definition) is 4. The summed E-state index contributed by atoms with van der Waals surface area (Å²) in [6.07, 6.45) is 12.5. The first-order valence-corrected chi connectivity index (χ1v) is 9.83. The molecule has 0 rings (SSSR count). The van der Waals surface area contributed by atoms with Crippen LogP contribution in [0, 0.1) is 0 Å². The van der Waals surface area contributed by atoms with Gasteiger partial charge in [-0.2, -0.15) is 0 Å². The Bertz CT molecular complexity index is 213. The first-order valence-electron chi connectivity index (χ1n) is 9.83. The zero-order valence-corrected chi connectivity index (χ0v) is 15.4. The SMILES string of the molecule is CCCCCCCCC(O)C(OO)C(O)CCCCCCCC. The molecule has 0 amide bonds. The summed E-state index contributed by atoms with van der Waals surface area (Å²) < 4.78 is 0. The van der Waals surface area contributed by atoms with Gasteiger partial charge in [-0.25, -0.2) is 4.89 Å². The van der Waals surface area contributed by atoms with E-state index in [1.165, 1.54) is 51.4 Å². The molecule has 0 saturated carbocycles. The molecule has 0 bridgehead atoms. The fraction of sp³-hybridized carbons (Fsp3) is 1.00. The van der Waals surface area contributed by atoms with Gasteiger partial charge in [0.2, 0.25) is 0 Å². The van der Waals surface area contributed by atoms with Crippen molar-refractivity contribution in [1.82, 2.24) is 0 Å². The molecule has 0 radical (unpaired) electrons. The average Bonchev–Trinajstić information content (AvgIpc) is 2.54. The maximum absolute atomic E-state index is 10.1. The van der Waals surface area contributed by atoms with Gasteiger partial charge in [-0.1, -0.05) is 90.9 Å². The van der Waals surface area contributed by atoms with E-state index in [4.69, 9.17) is 5.26 Å². The monoisotopic (exact) mass is 332 g/mol. The normalized spacial score (nSPS) is 15.5. The summed E-state index contributed by atoms with van der Waals surface area (Å²) in [7, 11) is 0. The number of unbranched alkanes of at least 4 members (excludes halogenated alkanes) is 10. The molecule has 0 heterocycles. The maximum atomic E-state index is 10.1. The number of aliphatic hydroxyl groups is 2. The highest BCUT2D eigenvalue weighted by molar-refractivity contribution is 4.76. The summed E-state index contributed by atoms with van der Waals surface area (Å²) in [5.41, 5.74) is 0. The van der Waals surface area contributed by atoms with Gasteiger partial charge in [0.1, 0.15) is 6.10 Å². The van der Waals surface area contributed by atoms with Gasteiger partial charge in [0.05, 0.1) is 12.2 Å². The van der Waals surface area contributed by atoms with Crippen LogP contribution in [0.5, 0.6) is 0 Å². The van der Waals surface area contributed by atoms with E-state index < -0.39 is 18.3 Å². The lowest BCUT2D eigenvalue weighted by atomic mass is 9.97. The predicted octanol–water partition coefficient (Wildman–Crippen LogP) is 5.07. The first-order chi connectivity index (χ1) is 11.2. The van der Waals surface area contributed by atoms with Crippen molar-refractivity contribution in [3.8, 4) is 0 Å².